The first-order chi connectivity index (χ1) is 17.4. The maximum Gasteiger partial charge on any atom is 0.296 e. The predicted octanol–water partition coefficient (Wildman–Crippen LogP) is 1.80. The molecule has 0 atom stereocenters. The molecular weight excluding hydrogens is 470 g/mol. The summed E-state index contributed by atoms with van der Waals surface area (Å²) in [5, 5.41) is 0. The molecule has 1 amide bonds. The molecule has 4 heterocycles. The molecule has 2 aromatic heterocycles. The number of hydrogen-bond acceptors (Lipinski definition) is 8. The summed E-state index contributed by atoms with van der Waals surface area (Å²) in [5.41, 5.74) is 0.986. The fourth-order valence-corrected chi connectivity index (χ4v) is 4.58. The molecule has 36 heavy (non-hydrogen) atoms. The van der Waals surface area contributed by atoms with E-state index >= 15 is 0 Å². The number of likely N-dealkylation sites (N-methyl/N-ethyl adjacent to an activating group) is 1. The molecule has 2 saturated heterocycles. The SMILES string of the molecule is CN(C)CC(=O)N1CCN(c2cc(N3CCOCC3)nc(-n3c(C(F)F)nc4ccccc43)n2)CC1. The Morgan fingerprint density at radius 2 is 1.61 bits per heavy atom. The molecule has 0 N–H and O–H groups in total. The summed E-state index contributed by atoms with van der Waals surface area (Å²) in [6.07, 6.45) is -2.79. The highest BCUT2D eigenvalue weighted by atomic mass is 19.3. The molecular formula is C24H30F2N8O2. The van der Waals surface area contributed by atoms with E-state index in [1.54, 1.807) is 24.3 Å². The number of carbonyl (C=O) groups is 1. The van der Waals surface area contributed by atoms with Gasteiger partial charge in [0.15, 0.2) is 5.82 Å². The minimum Gasteiger partial charge on any atom is -0.378 e. The van der Waals surface area contributed by atoms with E-state index in [9.17, 15) is 13.6 Å². The lowest BCUT2D eigenvalue weighted by Gasteiger charge is -2.36. The van der Waals surface area contributed by atoms with Crippen LogP contribution in [0.4, 0.5) is 20.4 Å². The maximum atomic E-state index is 14.1. The van der Waals surface area contributed by atoms with Crippen molar-refractivity contribution in [2.45, 2.75) is 6.43 Å². The standard InChI is InChI=1S/C24H30F2N8O2/c1-30(2)16-21(35)33-9-7-31(8-10-33)19-15-20(32-11-13-36-14-12-32)29-24(28-19)34-18-6-4-3-5-17(18)27-23(34)22(25)26/h3-6,15,22H,7-14,16H2,1-2H3. The molecule has 3 aromatic rings. The molecule has 10 nitrogen and oxygen atoms in total. The number of alkyl halides is 2. The summed E-state index contributed by atoms with van der Waals surface area (Å²) < 4.78 is 34.9. The van der Waals surface area contributed by atoms with Crippen molar-refractivity contribution < 1.29 is 18.3 Å². The van der Waals surface area contributed by atoms with Gasteiger partial charge in [-0.1, -0.05) is 12.1 Å². The fourth-order valence-electron chi connectivity index (χ4n) is 4.58. The third-order valence-electron chi connectivity index (χ3n) is 6.41. The lowest BCUT2D eigenvalue weighted by atomic mass is 10.3. The van der Waals surface area contributed by atoms with E-state index in [1.807, 2.05) is 30.0 Å². The first-order valence-corrected chi connectivity index (χ1v) is 12.1. The number of aromatic nitrogens is 4. The molecule has 0 bridgehead atoms. The highest BCUT2D eigenvalue weighted by Crippen LogP contribution is 2.29. The number of carbonyl (C=O) groups excluding carboxylic acids is 1. The van der Waals surface area contributed by atoms with Crippen molar-refractivity contribution >= 4 is 28.6 Å². The molecule has 0 aliphatic carbocycles. The molecule has 0 radical (unpaired) electrons. The minimum absolute atomic E-state index is 0.0866. The normalized spacial score (nSPS) is 17.0. The van der Waals surface area contributed by atoms with Crippen LogP contribution >= 0.6 is 0 Å². The highest BCUT2D eigenvalue weighted by Gasteiger charge is 2.27. The monoisotopic (exact) mass is 500 g/mol. The number of halogens is 2. The van der Waals surface area contributed by atoms with Gasteiger partial charge < -0.3 is 24.3 Å². The second-order valence-corrected chi connectivity index (χ2v) is 9.18. The van der Waals surface area contributed by atoms with Gasteiger partial charge in [0.2, 0.25) is 11.9 Å². The number of para-hydroxylation sites is 2. The average Bonchev–Trinajstić information content (AvgIpc) is 3.29. The van der Waals surface area contributed by atoms with Crippen molar-refractivity contribution in [2.24, 2.45) is 0 Å². The fraction of sp³-hybridized carbons (Fsp3) is 0.500. The number of amides is 1. The summed E-state index contributed by atoms with van der Waals surface area (Å²) in [5.74, 6) is 1.15. The second-order valence-electron chi connectivity index (χ2n) is 9.18. The Balaban J connectivity index is 1.52. The zero-order chi connectivity index (χ0) is 25.2. The van der Waals surface area contributed by atoms with Crippen LogP contribution in [0.5, 0.6) is 0 Å². The van der Waals surface area contributed by atoms with Crippen molar-refractivity contribution in [2.75, 3.05) is 82.9 Å². The van der Waals surface area contributed by atoms with Crippen molar-refractivity contribution in [1.29, 1.82) is 0 Å². The molecule has 0 saturated carbocycles. The molecule has 2 fully saturated rings. The quantitative estimate of drug-likeness (QED) is 0.507. The number of benzene rings is 1. The number of ether oxygens (including phenoxy) is 1. The molecule has 2 aliphatic rings. The number of hydrogen-bond donors (Lipinski definition) is 0. The lowest BCUT2D eigenvalue weighted by molar-refractivity contribution is -0.132. The number of imidazole rings is 1. The summed E-state index contributed by atoms with van der Waals surface area (Å²) in [6.45, 7) is 5.10. The third-order valence-corrected chi connectivity index (χ3v) is 6.41. The summed E-state index contributed by atoms with van der Waals surface area (Å²) >= 11 is 0. The number of piperazine rings is 1. The van der Waals surface area contributed by atoms with Crippen molar-refractivity contribution in [1.82, 2.24) is 29.3 Å². The third kappa shape index (κ3) is 4.96. The Labute approximate surface area is 208 Å². The van der Waals surface area contributed by atoms with E-state index < -0.39 is 6.43 Å². The highest BCUT2D eigenvalue weighted by molar-refractivity contribution is 5.79. The second kappa shape index (κ2) is 10.3. The Kier molecular flexibility index (Phi) is 6.97. The Hall–Kier alpha value is -3.38. The van der Waals surface area contributed by atoms with Gasteiger partial charge in [0.25, 0.3) is 6.43 Å². The summed E-state index contributed by atoms with van der Waals surface area (Å²) in [6, 6.07) is 8.89. The van der Waals surface area contributed by atoms with Crippen LogP contribution in [0.1, 0.15) is 12.2 Å². The van der Waals surface area contributed by atoms with E-state index in [0.717, 1.165) is 0 Å². The first kappa shape index (κ1) is 24.3. The number of nitrogens with zero attached hydrogens (tertiary/aromatic N) is 8. The number of morpholine rings is 1. The van der Waals surface area contributed by atoms with E-state index in [1.165, 1.54) is 4.57 Å². The van der Waals surface area contributed by atoms with E-state index in [4.69, 9.17) is 14.7 Å². The van der Waals surface area contributed by atoms with Crippen LogP contribution in [0, 0.1) is 0 Å². The zero-order valence-corrected chi connectivity index (χ0v) is 20.5. The molecule has 192 valence electrons. The van der Waals surface area contributed by atoms with Crippen LogP contribution in [0.15, 0.2) is 30.3 Å². The average molecular weight is 501 g/mol. The number of anilines is 2. The van der Waals surface area contributed by atoms with Crippen LogP contribution in [-0.4, -0.2) is 108 Å². The van der Waals surface area contributed by atoms with E-state index in [2.05, 4.69) is 14.8 Å². The Morgan fingerprint density at radius 3 is 2.25 bits per heavy atom. The molecule has 1 aromatic carbocycles. The molecule has 12 heteroatoms. The number of fused-ring (bicyclic) bond motifs is 1. The Morgan fingerprint density at radius 1 is 0.972 bits per heavy atom. The van der Waals surface area contributed by atoms with Gasteiger partial charge in [-0.15, -0.1) is 0 Å². The number of rotatable bonds is 6. The minimum atomic E-state index is -2.79. The van der Waals surface area contributed by atoms with Crippen LogP contribution in [0.3, 0.4) is 0 Å². The largest absolute Gasteiger partial charge is 0.378 e. The van der Waals surface area contributed by atoms with Crippen LogP contribution in [0.2, 0.25) is 0 Å². The van der Waals surface area contributed by atoms with Crippen LogP contribution in [0.25, 0.3) is 17.0 Å². The van der Waals surface area contributed by atoms with Gasteiger partial charge in [-0.2, -0.15) is 9.97 Å². The van der Waals surface area contributed by atoms with Gasteiger partial charge in [0, 0.05) is 45.3 Å². The van der Waals surface area contributed by atoms with Gasteiger partial charge in [-0.3, -0.25) is 9.36 Å². The predicted molar refractivity (Wildman–Crippen MR) is 132 cm³/mol. The van der Waals surface area contributed by atoms with Crippen LogP contribution < -0.4 is 9.80 Å². The summed E-state index contributed by atoms with van der Waals surface area (Å²) in [4.78, 5) is 34.0. The van der Waals surface area contributed by atoms with Crippen molar-refractivity contribution in [3.8, 4) is 5.95 Å². The molecule has 2 aliphatic heterocycles. The molecule has 5 rings (SSSR count). The molecule has 0 unspecified atom stereocenters. The van der Waals surface area contributed by atoms with Gasteiger partial charge in [0.1, 0.15) is 11.6 Å². The van der Waals surface area contributed by atoms with Crippen LogP contribution in [-0.2, 0) is 9.53 Å². The van der Waals surface area contributed by atoms with E-state index in [0.29, 0.717) is 81.7 Å². The zero-order valence-electron chi connectivity index (χ0n) is 20.5. The summed E-state index contributed by atoms with van der Waals surface area (Å²) in [7, 11) is 3.74. The van der Waals surface area contributed by atoms with Crippen molar-refractivity contribution in [3.63, 3.8) is 0 Å². The maximum absolute atomic E-state index is 14.1. The topological polar surface area (TPSA) is 82.9 Å². The van der Waals surface area contributed by atoms with Gasteiger partial charge in [0.05, 0.1) is 30.8 Å². The Bertz CT molecular complexity index is 1220. The first-order valence-electron chi connectivity index (χ1n) is 12.1. The van der Waals surface area contributed by atoms with Gasteiger partial charge in [-0.05, 0) is 26.2 Å². The lowest BCUT2D eigenvalue weighted by Crippen LogP contribution is -2.51. The van der Waals surface area contributed by atoms with Gasteiger partial charge in [-0.25, -0.2) is 13.8 Å². The smallest absolute Gasteiger partial charge is 0.296 e. The van der Waals surface area contributed by atoms with Gasteiger partial charge >= 0.3 is 0 Å². The van der Waals surface area contributed by atoms with Crippen molar-refractivity contribution in [3.05, 3.63) is 36.2 Å². The van der Waals surface area contributed by atoms with E-state index in [-0.39, 0.29) is 17.7 Å². The molecule has 0 spiro atoms.